The Bertz CT molecular complexity index is 809. The maximum atomic E-state index is 12.1. The minimum absolute atomic E-state index is 0.382. The number of aryl methyl sites for hydroxylation is 1. The maximum absolute atomic E-state index is 12.1. The molecule has 0 aromatic heterocycles. The van der Waals surface area contributed by atoms with E-state index in [-0.39, 0.29) is 0 Å². The van der Waals surface area contributed by atoms with Crippen LogP contribution in [0.25, 0.3) is 10.8 Å². The molecular formula is C21H21ClO. The fourth-order valence-corrected chi connectivity index (χ4v) is 5.96. The molecule has 2 aromatic carbocycles. The third-order valence-electron chi connectivity index (χ3n) is 6.74. The molecule has 0 radical (unpaired) electrons. The average Bonchev–Trinajstić information content (AvgIpc) is 2.95. The quantitative estimate of drug-likeness (QED) is 0.623. The van der Waals surface area contributed by atoms with Crippen molar-refractivity contribution in [3.63, 3.8) is 0 Å². The first-order chi connectivity index (χ1) is 11.2. The van der Waals surface area contributed by atoms with Gasteiger partial charge < -0.3 is 0 Å². The molecule has 0 unspecified atom stereocenters. The Morgan fingerprint density at radius 2 is 1.70 bits per heavy atom. The zero-order valence-corrected chi connectivity index (χ0v) is 14.0. The fraction of sp³-hybridized carbons (Fsp3) is 0.476. The number of fused-ring (bicyclic) bond motifs is 6. The Labute approximate surface area is 142 Å². The summed E-state index contributed by atoms with van der Waals surface area (Å²) in [7, 11) is 0. The van der Waals surface area contributed by atoms with E-state index in [1.807, 2.05) is 12.1 Å². The SMILES string of the molecule is O=C1CC[C@H]2[C@@H]3CCc4cc5c(Cl)cccc5cc4[C@H]3CC[C@H]12. The molecule has 4 atom stereocenters. The van der Waals surface area contributed by atoms with Gasteiger partial charge in [-0.25, -0.2) is 0 Å². The van der Waals surface area contributed by atoms with E-state index in [2.05, 4.69) is 18.2 Å². The largest absolute Gasteiger partial charge is 0.299 e. The molecule has 0 amide bonds. The maximum Gasteiger partial charge on any atom is 0.136 e. The molecule has 3 aliphatic rings. The van der Waals surface area contributed by atoms with Crippen molar-refractivity contribution >= 4 is 28.2 Å². The van der Waals surface area contributed by atoms with E-state index in [4.69, 9.17) is 11.6 Å². The molecule has 0 bridgehead atoms. The Kier molecular flexibility index (Phi) is 3.10. The highest BCUT2D eigenvalue weighted by atomic mass is 35.5. The molecule has 0 saturated heterocycles. The van der Waals surface area contributed by atoms with E-state index in [9.17, 15) is 4.79 Å². The lowest BCUT2D eigenvalue weighted by molar-refractivity contribution is -0.122. The molecule has 5 rings (SSSR count). The number of halogens is 1. The van der Waals surface area contributed by atoms with E-state index in [1.54, 1.807) is 5.56 Å². The summed E-state index contributed by atoms with van der Waals surface area (Å²) in [6, 6.07) is 10.9. The number of hydrogen-bond acceptors (Lipinski definition) is 1. The molecule has 3 aliphatic carbocycles. The highest BCUT2D eigenvalue weighted by Crippen LogP contribution is 2.54. The summed E-state index contributed by atoms with van der Waals surface area (Å²) >= 11 is 6.39. The van der Waals surface area contributed by atoms with E-state index >= 15 is 0 Å². The van der Waals surface area contributed by atoms with Gasteiger partial charge in [0.25, 0.3) is 0 Å². The minimum Gasteiger partial charge on any atom is -0.299 e. The van der Waals surface area contributed by atoms with Crippen LogP contribution in [-0.2, 0) is 11.2 Å². The molecule has 2 heteroatoms. The van der Waals surface area contributed by atoms with Crippen molar-refractivity contribution in [2.24, 2.45) is 17.8 Å². The van der Waals surface area contributed by atoms with Gasteiger partial charge in [0.2, 0.25) is 0 Å². The van der Waals surface area contributed by atoms with Crippen molar-refractivity contribution in [2.45, 2.75) is 44.4 Å². The van der Waals surface area contributed by atoms with Crippen LogP contribution in [0.3, 0.4) is 0 Å². The molecule has 2 fully saturated rings. The molecule has 0 spiro atoms. The molecular weight excluding hydrogens is 304 g/mol. The predicted octanol–water partition coefficient (Wildman–Crippen LogP) is 5.53. The summed E-state index contributed by atoms with van der Waals surface area (Å²) in [6.07, 6.45) is 6.67. The summed E-state index contributed by atoms with van der Waals surface area (Å²) in [5.74, 6) is 2.97. The minimum atomic E-state index is 0.382. The van der Waals surface area contributed by atoms with Crippen molar-refractivity contribution in [3.8, 4) is 0 Å². The number of hydrogen-bond donors (Lipinski definition) is 0. The van der Waals surface area contributed by atoms with Gasteiger partial charge in [-0.1, -0.05) is 29.8 Å². The molecule has 1 nitrogen and oxygen atoms in total. The molecule has 0 N–H and O–H groups in total. The van der Waals surface area contributed by atoms with Crippen LogP contribution in [0.2, 0.25) is 5.02 Å². The van der Waals surface area contributed by atoms with Crippen LogP contribution < -0.4 is 0 Å². The molecule has 2 aromatic rings. The topological polar surface area (TPSA) is 17.1 Å². The van der Waals surface area contributed by atoms with E-state index in [0.717, 1.165) is 36.6 Å². The normalized spacial score (nSPS) is 32.5. The van der Waals surface area contributed by atoms with Crippen LogP contribution in [-0.4, -0.2) is 5.78 Å². The summed E-state index contributed by atoms with van der Waals surface area (Å²) in [6.45, 7) is 0. The smallest absolute Gasteiger partial charge is 0.136 e. The van der Waals surface area contributed by atoms with Gasteiger partial charge in [-0.05, 0) is 78.5 Å². The lowest BCUT2D eigenvalue weighted by Crippen LogP contribution is -2.35. The Morgan fingerprint density at radius 1 is 0.913 bits per heavy atom. The van der Waals surface area contributed by atoms with Gasteiger partial charge >= 0.3 is 0 Å². The summed E-state index contributed by atoms with van der Waals surface area (Å²) in [4.78, 5) is 12.1. The second kappa shape index (κ2) is 5.08. The van der Waals surface area contributed by atoms with Crippen molar-refractivity contribution < 1.29 is 4.79 Å². The zero-order valence-electron chi connectivity index (χ0n) is 13.2. The molecule has 0 heterocycles. The number of carbonyl (C=O) groups excluding carboxylic acids is 1. The van der Waals surface area contributed by atoms with Gasteiger partial charge in [0.05, 0.1) is 0 Å². The third kappa shape index (κ3) is 2.02. The Hall–Kier alpha value is -1.34. The van der Waals surface area contributed by atoms with Crippen molar-refractivity contribution in [3.05, 3.63) is 46.5 Å². The lowest BCUT2D eigenvalue weighted by atomic mass is 9.60. The van der Waals surface area contributed by atoms with Crippen molar-refractivity contribution in [2.75, 3.05) is 0 Å². The Balaban J connectivity index is 1.60. The van der Waals surface area contributed by atoms with Gasteiger partial charge in [-0.3, -0.25) is 4.79 Å². The van der Waals surface area contributed by atoms with Gasteiger partial charge in [0.15, 0.2) is 0 Å². The summed E-state index contributed by atoms with van der Waals surface area (Å²) < 4.78 is 0. The van der Waals surface area contributed by atoms with Crippen LogP contribution in [0.5, 0.6) is 0 Å². The number of benzene rings is 2. The van der Waals surface area contributed by atoms with Gasteiger partial charge in [-0.2, -0.15) is 0 Å². The number of Topliss-reactive ketones (excluding diaryl/α,β-unsaturated/α-hetero) is 1. The van der Waals surface area contributed by atoms with E-state index < -0.39 is 0 Å². The van der Waals surface area contributed by atoms with Crippen LogP contribution in [0.15, 0.2) is 30.3 Å². The summed E-state index contributed by atoms with van der Waals surface area (Å²) in [5.41, 5.74) is 3.04. The number of ketones is 1. The monoisotopic (exact) mass is 324 g/mol. The van der Waals surface area contributed by atoms with E-state index in [0.29, 0.717) is 23.5 Å². The number of carbonyl (C=O) groups is 1. The van der Waals surface area contributed by atoms with Crippen molar-refractivity contribution in [1.29, 1.82) is 0 Å². The summed E-state index contributed by atoms with van der Waals surface area (Å²) in [5, 5.41) is 3.31. The van der Waals surface area contributed by atoms with E-state index in [1.165, 1.54) is 29.2 Å². The predicted molar refractivity (Wildman–Crippen MR) is 94.0 cm³/mol. The van der Waals surface area contributed by atoms with Crippen LogP contribution >= 0.6 is 11.6 Å². The van der Waals surface area contributed by atoms with Gasteiger partial charge in [0.1, 0.15) is 5.78 Å². The average molecular weight is 325 g/mol. The fourth-order valence-electron chi connectivity index (χ4n) is 5.73. The standard InChI is InChI=1S/C21H21ClO/c22-20-3-1-2-12-10-18-13(11-19(12)20)4-5-14-15-8-9-21(23)17(15)7-6-16(14)18/h1-3,10-11,14-17H,4-9H2/t14-,15-,16-,17-/m0/s1. The first-order valence-corrected chi connectivity index (χ1v) is 9.34. The molecule has 0 aliphatic heterocycles. The molecule has 2 saturated carbocycles. The second-order valence-corrected chi connectivity index (χ2v) is 8.08. The Morgan fingerprint density at radius 3 is 2.61 bits per heavy atom. The second-order valence-electron chi connectivity index (χ2n) is 7.67. The van der Waals surface area contributed by atoms with Gasteiger partial charge in [-0.15, -0.1) is 0 Å². The molecule has 118 valence electrons. The highest BCUT2D eigenvalue weighted by Gasteiger charge is 2.47. The van der Waals surface area contributed by atoms with Crippen LogP contribution in [0.1, 0.15) is 49.1 Å². The first kappa shape index (κ1) is 14.0. The molecule has 23 heavy (non-hydrogen) atoms. The lowest BCUT2D eigenvalue weighted by Gasteiger charge is -2.43. The first-order valence-electron chi connectivity index (χ1n) is 8.96. The number of rotatable bonds is 0. The van der Waals surface area contributed by atoms with Crippen LogP contribution in [0, 0.1) is 17.8 Å². The third-order valence-corrected chi connectivity index (χ3v) is 7.07. The zero-order chi connectivity index (χ0) is 15.6. The van der Waals surface area contributed by atoms with Gasteiger partial charge in [0, 0.05) is 22.7 Å². The van der Waals surface area contributed by atoms with Crippen LogP contribution in [0.4, 0.5) is 0 Å². The van der Waals surface area contributed by atoms with Crippen molar-refractivity contribution in [1.82, 2.24) is 0 Å². The highest BCUT2D eigenvalue weighted by molar-refractivity contribution is 6.35.